The van der Waals surface area contributed by atoms with Crippen LogP contribution in [0.15, 0.2) is 235 Å². The molecule has 639 valence electrons. The number of nitrogens with one attached hydrogen (secondary N) is 4. The van der Waals surface area contributed by atoms with Crippen molar-refractivity contribution in [3.05, 3.63) is 317 Å². The van der Waals surface area contributed by atoms with Gasteiger partial charge in [-0.05, 0) is 97.1 Å². The Kier molecular flexibility index (Phi) is 45.9. The van der Waals surface area contributed by atoms with Crippen LogP contribution >= 0.6 is 0 Å². The molecule has 2 amide bonds. The van der Waals surface area contributed by atoms with E-state index in [1.54, 1.807) is 150 Å². The van der Waals surface area contributed by atoms with Crippen molar-refractivity contribution in [3.8, 4) is 45.6 Å². The van der Waals surface area contributed by atoms with Gasteiger partial charge in [0.2, 0.25) is 12.8 Å². The minimum absolute atomic E-state index is 0. The van der Waals surface area contributed by atoms with Gasteiger partial charge in [-0.25, -0.2) is 19.9 Å². The molecule has 0 unspecified atom stereocenters. The molecule has 4 N–H and O–H groups in total. The molecule has 0 atom stereocenters. The van der Waals surface area contributed by atoms with Gasteiger partial charge in [-0.1, -0.05) is 72.8 Å². The van der Waals surface area contributed by atoms with E-state index < -0.39 is 49.0 Å². The Morgan fingerprint density at radius 1 is 0.312 bits per heavy atom. The van der Waals surface area contributed by atoms with Gasteiger partial charge in [0.1, 0.15) is 0 Å². The Morgan fingerprint density at radius 3 is 0.648 bits per heavy atom. The molecule has 2 aromatic carbocycles. The summed E-state index contributed by atoms with van der Waals surface area (Å²) in [6.07, 6.45) is 13.6. The summed E-state index contributed by atoms with van der Waals surface area (Å²) < 4.78 is 0. The van der Waals surface area contributed by atoms with Crippen molar-refractivity contribution in [1.82, 2.24) is 90.5 Å². The van der Waals surface area contributed by atoms with E-state index in [1.807, 2.05) is 72.8 Å². The first-order chi connectivity index (χ1) is 58.4. The van der Waals surface area contributed by atoms with Crippen LogP contribution in [0.2, 0.25) is 0 Å². The summed E-state index contributed by atoms with van der Waals surface area (Å²) in [4.78, 5) is 98.6. The second-order valence-electron chi connectivity index (χ2n) is 22.7. The Hall–Kier alpha value is -15.0. The predicted molar refractivity (Wildman–Crippen MR) is 429 cm³/mol. The van der Waals surface area contributed by atoms with Crippen LogP contribution in [0.1, 0.15) is 45.6 Å². The molecule has 14 rings (SSSR count). The Balaban J connectivity index is 0.000000479. The standard InChI is InChI=1S/2C32H22N12O2.2C3H7NO.3Gd.5NO3/c2*45-31(27-15-25(39-41-27)23-5-1-3-13-33-23)43-35-17-21-11-9-19-7-8-20-10-12-22(38-30(20)29(19)37-21)18-36-44-32(46)28-16-26(40-42-28)24-6-2-4-14-34-24;2*1-4(2)3-5;;;;5*2-1(3)4/h2*1-18H,(H,39,41)(H,40,42)(H,43,45)(H,44,46);2*3H,1-2H3;;;;;;;;/q;;;;3*+3;5*-1/p-4/b2*35-17+,36-18+;;;;;;;;;;. The van der Waals surface area contributed by atoms with E-state index in [-0.39, 0.29) is 143 Å². The minimum Gasteiger partial charge on any atom is -0.856 e. The van der Waals surface area contributed by atoms with Crippen LogP contribution < -0.4 is 20.4 Å². The Morgan fingerprint density at radius 2 is 0.488 bits per heavy atom. The number of carbonyl (C=O) groups is 2. The molecule has 0 saturated heterocycles. The third kappa shape index (κ3) is 37.3. The van der Waals surface area contributed by atoms with Crippen molar-refractivity contribution in [2.45, 2.75) is 0 Å². The van der Waals surface area contributed by atoms with Gasteiger partial charge in [0.05, 0.1) is 163 Å². The van der Waals surface area contributed by atoms with Crippen molar-refractivity contribution in [1.29, 1.82) is 0 Å². The first kappa shape index (κ1) is 104. The Labute approximate surface area is 794 Å². The maximum atomic E-state index is 12.5. The molecule has 12 aromatic heterocycles. The average molecular weight is 2140 g/mol. The van der Waals surface area contributed by atoms with Gasteiger partial charge in [0, 0.05) is 98.1 Å². The summed E-state index contributed by atoms with van der Waals surface area (Å²) in [5, 5.41) is 185. The number of rotatable bonds is 18. The Bertz CT molecular complexity index is 5380. The van der Waals surface area contributed by atoms with Crippen molar-refractivity contribution >= 4 is 105 Å². The second kappa shape index (κ2) is 55.0. The predicted octanol–water partition coefficient (Wildman–Crippen LogP) is 3.48. The van der Waals surface area contributed by atoms with E-state index in [2.05, 4.69) is 121 Å². The number of hydrogen-bond acceptors (Lipinski definition) is 41. The number of H-pyrrole nitrogens is 4. The van der Waals surface area contributed by atoms with E-state index in [0.717, 1.165) is 34.4 Å². The van der Waals surface area contributed by atoms with Gasteiger partial charge in [0.15, 0.2) is 0 Å². The fourth-order valence-corrected chi connectivity index (χ4v) is 8.99. The minimum atomic E-state index is -1.75. The summed E-state index contributed by atoms with van der Waals surface area (Å²) in [7, 11) is 6.75. The van der Waals surface area contributed by atoms with E-state index >= 15 is 0 Å². The summed E-state index contributed by atoms with van der Waals surface area (Å²) in [5.74, 6) is -2.46. The molecule has 0 bridgehead atoms. The molecule has 14 aromatic rings. The maximum Gasteiger partial charge on any atom is 3.00 e. The molecule has 0 fully saturated rings. The van der Waals surface area contributed by atoms with Crippen molar-refractivity contribution in [2.75, 3.05) is 28.2 Å². The van der Waals surface area contributed by atoms with Gasteiger partial charge in [-0.3, -0.25) is 49.9 Å². The summed E-state index contributed by atoms with van der Waals surface area (Å²) in [5.41, 5.74) is 9.77. The first-order valence-corrected chi connectivity index (χ1v) is 33.1. The topological polar surface area (TPSA) is 781 Å². The summed E-state index contributed by atoms with van der Waals surface area (Å²) >= 11 is 0. The van der Waals surface area contributed by atoms with Crippen molar-refractivity contribution < 1.29 is 175 Å². The van der Waals surface area contributed by atoms with E-state index in [4.69, 9.17) is 76.6 Å². The number of amides is 2. The molecule has 0 saturated carbocycles. The number of carbonyl (C=O) groups excluding carboxylic acids is 2. The van der Waals surface area contributed by atoms with E-state index in [1.165, 1.54) is 34.7 Å². The third-order valence-electron chi connectivity index (χ3n) is 13.9. The van der Waals surface area contributed by atoms with Crippen LogP contribution in [-0.2, 0) is 9.59 Å². The molecular weight excluding hydrogens is 2080 g/mol. The fourth-order valence-electron chi connectivity index (χ4n) is 8.99. The van der Waals surface area contributed by atoms with Crippen LogP contribution in [0.25, 0.3) is 89.2 Å². The smallest absolute Gasteiger partial charge is 0.856 e. The van der Waals surface area contributed by atoms with Crippen LogP contribution in [0, 0.1) is 196 Å². The zero-order valence-electron chi connectivity index (χ0n) is 63.6. The zero-order chi connectivity index (χ0) is 89.0. The molecule has 12 heterocycles. The second-order valence-corrected chi connectivity index (χ2v) is 22.7. The quantitative estimate of drug-likeness (QED) is 0.0238. The number of nitrogens with zero attached hydrogens (tertiary/aromatic N) is 27. The van der Waals surface area contributed by atoms with E-state index in [0.29, 0.717) is 90.4 Å². The molecular formula is C70H54Gd3N31O21. The van der Waals surface area contributed by atoms with Crippen LogP contribution in [0.4, 0.5) is 0 Å². The van der Waals surface area contributed by atoms with Crippen LogP contribution in [0.5, 0.6) is 0 Å². The number of hydrogen-bond donors (Lipinski definition) is 4. The number of aromatic nitrogens is 16. The first-order valence-electron chi connectivity index (χ1n) is 33.1. The van der Waals surface area contributed by atoms with Crippen molar-refractivity contribution in [2.24, 2.45) is 40.8 Å². The van der Waals surface area contributed by atoms with E-state index in [9.17, 15) is 30.0 Å². The number of aromatic amines is 4. The zero-order valence-corrected chi connectivity index (χ0v) is 70.5. The SMILES string of the molecule is CN(C)C=O.CN(C)C=O.O=[N+]([O-])[O-].O=[N+]([O-])[O-].O=[N+]([O-])[O-].O=[N+]([O-])[O-].O=[N+]([O-])[O-].[Gd+3].[Gd+3].[Gd+3].[O-]/C(=N\N=C\c1ccc2ccc3ccc(/C=N/N=C(\[O-])c4cc(-c5ccccn5)[nH]n4)nc3c2n1)c1cc(-c2ccccn2)[nH]n1.[O-]/C(=N\N=C\c1ccc2ccc3ccc(/C=N/N=C(\[O-])c4cc(-c5ccccn5)[nH]n4)nc3c2n1)c1cc(-c2ccccn2)[nH]n1. The molecule has 0 aliphatic carbocycles. The van der Waals surface area contributed by atoms with Gasteiger partial charge >= 0.3 is 120 Å². The normalized spacial score (nSPS) is 10.8. The van der Waals surface area contributed by atoms with Gasteiger partial charge in [0.25, 0.3) is 0 Å². The van der Waals surface area contributed by atoms with Gasteiger partial charge < -0.3 is 107 Å². The summed E-state index contributed by atoms with van der Waals surface area (Å²) in [6, 6.07) is 50.3. The maximum absolute atomic E-state index is 12.5. The van der Waals surface area contributed by atoms with Crippen molar-refractivity contribution in [3.63, 3.8) is 0 Å². The number of pyridine rings is 8. The molecule has 55 heteroatoms. The molecule has 0 spiro atoms. The average Bonchev–Trinajstić information content (AvgIpc) is 1.44. The van der Waals surface area contributed by atoms with Gasteiger partial charge in [-0.15, -0.1) is 0 Å². The number of fused-ring (bicyclic) bond motifs is 6. The van der Waals surface area contributed by atoms with Crippen LogP contribution in [-0.4, -0.2) is 205 Å². The molecule has 0 aliphatic heterocycles. The molecule has 0 aliphatic rings. The molecule has 52 nitrogen and oxygen atoms in total. The summed E-state index contributed by atoms with van der Waals surface area (Å²) in [6.45, 7) is 0. The van der Waals surface area contributed by atoms with Gasteiger partial charge in [-0.2, -0.15) is 61.2 Å². The fraction of sp³-hybridized carbons (Fsp3) is 0.0571. The molecule has 125 heavy (non-hydrogen) atoms. The molecule has 3 radical (unpaired) electrons. The van der Waals surface area contributed by atoms with Crippen LogP contribution in [0.3, 0.4) is 0 Å². The largest absolute Gasteiger partial charge is 3.00 e. The monoisotopic (exact) mass is 2140 g/mol. The number of benzene rings is 2. The third-order valence-corrected chi connectivity index (χ3v) is 13.9.